The lowest BCUT2D eigenvalue weighted by molar-refractivity contribution is -0.137. The summed E-state index contributed by atoms with van der Waals surface area (Å²) in [6, 6.07) is 6.37. The Kier molecular flexibility index (Phi) is 5.86. The number of nitrogens with one attached hydrogen (secondary N) is 2. The first kappa shape index (κ1) is 21.8. The molecule has 0 aliphatic carbocycles. The van der Waals surface area contributed by atoms with Crippen molar-refractivity contribution < 1.29 is 13.2 Å². The van der Waals surface area contributed by atoms with E-state index in [1.807, 2.05) is 17.0 Å². The quantitative estimate of drug-likeness (QED) is 0.634. The van der Waals surface area contributed by atoms with Gasteiger partial charge in [0.05, 0.1) is 5.56 Å². The van der Waals surface area contributed by atoms with Crippen molar-refractivity contribution in [2.45, 2.75) is 38.9 Å². The van der Waals surface area contributed by atoms with Crippen molar-refractivity contribution in [3.8, 4) is 11.4 Å². The van der Waals surface area contributed by atoms with Gasteiger partial charge in [0.25, 0.3) is 5.56 Å². The third-order valence-electron chi connectivity index (χ3n) is 5.68. The van der Waals surface area contributed by atoms with Crippen LogP contribution < -0.4 is 15.8 Å². The molecule has 0 unspecified atom stereocenters. The lowest BCUT2D eigenvalue weighted by atomic mass is 10.0. The third kappa shape index (κ3) is 4.74. The fourth-order valence-corrected chi connectivity index (χ4v) is 3.60. The SMILES string of the molecule is Cc1nc(-c2ccc(NC3CCN(c4ccc(C(F)(F)F)cn4)CC3)nc2)[nH]c(=O)c1C. The molecule has 32 heavy (non-hydrogen) atoms. The van der Waals surface area contributed by atoms with E-state index in [1.54, 1.807) is 20.0 Å². The fraction of sp³-hybridized carbons (Fsp3) is 0.364. The highest BCUT2D eigenvalue weighted by Crippen LogP contribution is 2.30. The monoisotopic (exact) mass is 444 g/mol. The number of H-pyrrole nitrogens is 1. The van der Waals surface area contributed by atoms with Gasteiger partial charge in [-0.1, -0.05) is 0 Å². The summed E-state index contributed by atoms with van der Waals surface area (Å²) in [5.41, 5.74) is 1.09. The number of piperidine rings is 1. The Morgan fingerprint density at radius 2 is 1.81 bits per heavy atom. The first-order chi connectivity index (χ1) is 15.2. The van der Waals surface area contributed by atoms with Gasteiger partial charge < -0.3 is 15.2 Å². The Labute approximate surface area is 182 Å². The number of aryl methyl sites for hydroxylation is 1. The molecule has 0 aromatic carbocycles. The van der Waals surface area contributed by atoms with Crippen molar-refractivity contribution in [1.82, 2.24) is 19.9 Å². The second-order valence-corrected chi connectivity index (χ2v) is 7.87. The summed E-state index contributed by atoms with van der Waals surface area (Å²) in [7, 11) is 0. The normalized spacial score (nSPS) is 15.1. The number of anilines is 2. The van der Waals surface area contributed by atoms with E-state index >= 15 is 0 Å². The molecular weight excluding hydrogens is 421 g/mol. The van der Waals surface area contributed by atoms with Crippen LogP contribution in [0.2, 0.25) is 0 Å². The highest BCUT2D eigenvalue weighted by Gasteiger charge is 2.31. The molecule has 0 saturated carbocycles. The molecule has 4 heterocycles. The van der Waals surface area contributed by atoms with Crippen LogP contribution in [0.3, 0.4) is 0 Å². The zero-order chi connectivity index (χ0) is 22.9. The van der Waals surface area contributed by atoms with Gasteiger partial charge in [0.15, 0.2) is 0 Å². The van der Waals surface area contributed by atoms with Crippen LogP contribution in [-0.4, -0.2) is 39.1 Å². The number of alkyl halides is 3. The van der Waals surface area contributed by atoms with Crippen molar-refractivity contribution in [1.29, 1.82) is 0 Å². The van der Waals surface area contributed by atoms with Gasteiger partial charge in [-0.05, 0) is 51.0 Å². The van der Waals surface area contributed by atoms with Crippen LogP contribution in [0.4, 0.5) is 24.8 Å². The summed E-state index contributed by atoms with van der Waals surface area (Å²) in [4.78, 5) is 29.5. The maximum absolute atomic E-state index is 12.7. The Morgan fingerprint density at radius 1 is 1.06 bits per heavy atom. The smallest absolute Gasteiger partial charge is 0.367 e. The van der Waals surface area contributed by atoms with Crippen molar-refractivity contribution in [3.63, 3.8) is 0 Å². The number of nitrogens with zero attached hydrogens (tertiary/aromatic N) is 4. The van der Waals surface area contributed by atoms with Crippen LogP contribution >= 0.6 is 0 Å². The Bertz CT molecular complexity index is 1130. The van der Waals surface area contributed by atoms with Gasteiger partial charge in [-0.3, -0.25) is 4.79 Å². The predicted octanol–water partition coefficient (Wildman–Crippen LogP) is 3.94. The van der Waals surface area contributed by atoms with Crippen molar-refractivity contribution in [3.05, 3.63) is 63.8 Å². The Hall–Kier alpha value is -3.43. The first-order valence-corrected chi connectivity index (χ1v) is 10.3. The highest BCUT2D eigenvalue weighted by molar-refractivity contribution is 5.56. The minimum absolute atomic E-state index is 0.163. The topological polar surface area (TPSA) is 86.8 Å². The van der Waals surface area contributed by atoms with Crippen LogP contribution in [0.15, 0.2) is 41.5 Å². The lowest BCUT2D eigenvalue weighted by Gasteiger charge is -2.33. The molecule has 1 aliphatic rings. The summed E-state index contributed by atoms with van der Waals surface area (Å²) >= 11 is 0. The van der Waals surface area contributed by atoms with Crippen molar-refractivity contribution in [2.24, 2.45) is 0 Å². The molecule has 0 bridgehead atoms. The second kappa shape index (κ2) is 8.60. The molecule has 3 aromatic rings. The number of hydrogen-bond donors (Lipinski definition) is 2. The van der Waals surface area contributed by atoms with Crippen molar-refractivity contribution in [2.75, 3.05) is 23.3 Å². The van der Waals surface area contributed by atoms with E-state index in [-0.39, 0.29) is 11.6 Å². The molecule has 1 saturated heterocycles. The van der Waals surface area contributed by atoms with Crippen LogP contribution in [-0.2, 0) is 6.18 Å². The number of halogens is 3. The van der Waals surface area contributed by atoms with Gasteiger partial charge in [-0.2, -0.15) is 13.2 Å². The van der Waals surface area contributed by atoms with Crippen LogP contribution in [0.5, 0.6) is 0 Å². The predicted molar refractivity (Wildman–Crippen MR) is 116 cm³/mol. The highest BCUT2D eigenvalue weighted by atomic mass is 19.4. The van der Waals surface area contributed by atoms with E-state index in [1.165, 1.54) is 6.07 Å². The molecule has 3 aromatic heterocycles. The molecule has 0 atom stereocenters. The van der Waals surface area contributed by atoms with Gasteiger partial charge in [-0.15, -0.1) is 0 Å². The molecule has 168 valence electrons. The Balaban J connectivity index is 1.35. The summed E-state index contributed by atoms with van der Waals surface area (Å²) in [5.74, 6) is 1.74. The van der Waals surface area contributed by atoms with E-state index in [2.05, 4.69) is 25.3 Å². The summed E-state index contributed by atoms with van der Waals surface area (Å²) in [5, 5.41) is 3.39. The molecular formula is C22H23F3N6O. The van der Waals surface area contributed by atoms with E-state index in [0.717, 1.165) is 30.7 Å². The molecule has 2 N–H and O–H groups in total. The molecule has 0 spiro atoms. The molecule has 0 radical (unpaired) electrons. The van der Waals surface area contributed by atoms with Gasteiger partial charge in [0.1, 0.15) is 17.5 Å². The van der Waals surface area contributed by atoms with E-state index < -0.39 is 11.7 Å². The summed E-state index contributed by atoms with van der Waals surface area (Å²) in [6.07, 6.45) is -0.232. The van der Waals surface area contributed by atoms with Crippen molar-refractivity contribution >= 4 is 11.6 Å². The lowest BCUT2D eigenvalue weighted by Crippen LogP contribution is -2.39. The van der Waals surface area contributed by atoms with E-state index in [9.17, 15) is 18.0 Å². The Morgan fingerprint density at radius 3 is 2.38 bits per heavy atom. The maximum atomic E-state index is 12.7. The fourth-order valence-electron chi connectivity index (χ4n) is 3.60. The zero-order valence-electron chi connectivity index (χ0n) is 17.7. The van der Waals surface area contributed by atoms with Gasteiger partial charge in [0.2, 0.25) is 0 Å². The minimum Gasteiger partial charge on any atom is -0.367 e. The number of pyridine rings is 2. The van der Waals surface area contributed by atoms with Gasteiger partial charge in [-0.25, -0.2) is 15.0 Å². The van der Waals surface area contributed by atoms with Gasteiger partial charge in [0, 0.05) is 48.3 Å². The standard InChI is InChI=1S/C22H23F3N6O/c1-13-14(2)28-20(30-21(13)32)15-3-5-18(26-11-15)29-17-7-9-31(10-8-17)19-6-4-16(12-27-19)22(23,24)25/h3-6,11-12,17H,7-10H2,1-2H3,(H,26,29)(H,28,30,32). The summed E-state index contributed by atoms with van der Waals surface area (Å²) in [6.45, 7) is 4.89. The number of aromatic nitrogens is 4. The summed E-state index contributed by atoms with van der Waals surface area (Å²) < 4.78 is 38.1. The molecule has 10 heteroatoms. The van der Waals surface area contributed by atoms with E-state index in [4.69, 9.17) is 0 Å². The molecule has 0 amide bonds. The number of hydrogen-bond acceptors (Lipinski definition) is 6. The molecule has 1 aliphatic heterocycles. The number of rotatable bonds is 4. The molecule has 1 fully saturated rings. The van der Waals surface area contributed by atoms with Gasteiger partial charge >= 0.3 is 6.18 Å². The zero-order valence-corrected chi connectivity index (χ0v) is 17.7. The largest absolute Gasteiger partial charge is 0.417 e. The van der Waals surface area contributed by atoms with Crippen LogP contribution in [0.25, 0.3) is 11.4 Å². The first-order valence-electron chi connectivity index (χ1n) is 10.3. The average molecular weight is 444 g/mol. The maximum Gasteiger partial charge on any atom is 0.417 e. The minimum atomic E-state index is -4.38. The molecule has 7 nitrogen and oxygen atoms in total. The van der Waals surface area contributed by atoms with Crippen LogP contribution in [0, 0.1) is 13.8 Å². The third-order valence-corrected chi connectivity index (χ3v) is 5.68. The average Bonchev–Trinajstić information content (AvgIpc) is 2.78. The number of aromatic amines is 1. The molecule has 4 rings (SSSR count). The van der Waals surface area contributed by atoms with E-state index in [0.29, 0.717) is 41.8 Å². The second-order valence-electron chi connectivity index (χ2n) is 7.87. The van der Waals surface area contributed by atoms with Crippen LogP contribution in [0.1, 0.15) is 29.7 Å².